The SMILES string of the molecule is Cc1cc(CNS(=O)(=O)c2cnn(-c3ccccc3F)c2)no1. The van der Waals surface area contributed by atoms with Crippen molar-refractivity contribution in [2.75, 3.05) is 0 Å². The van der Waals surface area contributed by atoms with Gasteiger partial charge in [-0.15, -0.1) is 0 Å². The minimum absolute atomic E-state index is 0.00937. The van der Waals surface area contributed by atoms with Crippen LogP contribution in [0.2, 0.25) is 0 Å². The summed E-state index contributed by atoms with van der Waals surface area (Å²) in [6.07, 6.45) is 2.40. The molecule has 7 nitrogen and oxygen atoms in total. The average molecular weight is 336 g/mol. The zero-order valence-electron chi connectivity index (χ0n) is 12.1. The number of aromatic nitrogens is 3. The fourth-order valence-electron chi connectivity index (χ4n) is 1.97. The lowest BCUT2D eigenvalue weighted by atomic mass is 10.3. The molecule has 3 rings (SSSR count). The lowest BCUT2D eigenvalue weighted by Crippen LogP contribution is -2.23. The number of halogens is 1. The van der Waals surface area contributed by atoms with Gasteiger partial charge in [0.15, 0.2) is 0 Å². The first-order chi connectivity index (χ1) is 11.0. The first-order valence-electron chi connectivity index (χ1n) is 6.67. The number of rotatable bonds is 5. The summed E-state index contributed by atoms with van der Waals surface area (Å²) >= 11 is 0. The van der Waals surface area contributed by atoms with Crippen molar-refractivity contribution in [2.24, 2.45) is 0 Å². The molecule has 0 unspecified atom stereocenters. The molecule has 0 aliphatic rings. The van der Waals surface area contributed by atoms with E-state index in [0.29, 0.717) is 11.5 Å². The Balaban J connectivity index is 1.80. The molecule has 1 N–H and O–H groups in total. The topological polar surface area (TPSA) is 90.0 Å². The average Bonchev–Trinajstić information content (AvgIpc) is 3.15. The van der Waals surface area contributed by atoms with Crippen molar-refractivity contribution in [1.82, 2.24) is 19.7 Å². The molecule has 0 bridgehead atoms. The molecular weight excluding hydrogens is 323 g/mol. The van der Waals surface area contributed by atoms with Crippen LogP contribution in [0, 0.1) is 12.7 Å². The van der Waals surface area contributed by atoms with Gasteiger partial charge >= 0.3 is 0 Å². The first kappa shape index (κ1) is 15.4. The van der Waals surface area contributed by atoms with Crippen molar-refractivity contribution >= 4 is 10.0 Å². The van der Waals surface area contributed by atoms with Crippen molar-refractivity contribution < 1.29 is 17.3 Å². The van der Waals surface area contributed by atoms with E-state index in [2.05, 4.69) is 15.0 Å². The minimum Gasteiger partial charge on any atom is -0.361 e. The number of sulfonamides is 1. The Hall–Kier alpha value is -2.52. The number of para-hydroxylation sites is 1. The zero-order chi connectivity index (χ0) is 16.4. The van der Waals surface area contributed by atoms with E-state index < -0.39 is 15.8 Å². The lowest BCUT2D eigenvalue weighted by Gasteiger charge is -2.03. The second-order valence-corrected chi connectivity index (χ2v) is 6.59. The van der Waals surface area contributed by atoms with E-state index in [1.165, 1.54) is 23.0 Å². The summed E-state index contributed by atoms with van der Waals surface area (Å²) in [5.41, 5.74) is 0.633. The van der Waals surface area contributed by atoms with Crippen molar-refractivity contribution in [3.63, 3.8) is 0 Å². The maximum atomic E-state index is 13.7. The van der Waals surface area contributed by atoms with Crippen LogP contribution in [0.4, 0.5) is 4.39 Å². The molecule has 0 saturated carbocycles. The van der Waals surface area contributed by atoms with Gasteiger partial charge in [0.1, 0.15) is 22.2 Å². The molecule has 0 radical (unpaired) electrons. The number of hydrogen-bond acceptors (Lipinski definition) is 5. The number of nitrogens with one attached hydrogen (secondary N) is 1. The fourth-order valence-corrected chi connectivity index (χ4v) is 2.90. The van der Waals surface area contributed by atoms with Gasteiger partial charge in [-0.2, -0.15) is 5.10 Å². The quantitative estimate of drug-likeness (QED) is 0.767. The third kappa shape index (κ3) is 3.30. The van der Waals surface area contributed by atoms with Gasteiger partial charge in [-0.25, -0.2) is 22.2 Å². The molecule has 120 valence electrons. The van der Waals surface area contributed by atoms with Crippen molar-refractivity contribution in [1.29, 1.82) is 0 Å². The van der Waals surface area contributed by atoms with E-state index in [0.717, 1.165) is 6.20 Å². The Morgan fingerprint density at radius 1 is 1.35 bits per heavy atom. The summed E-state index contributed by atoms with van der Waals surface area (Å²) in [5.74, 6) is 0.0946. The molecule has 9 heteroatoms. The molecule has 0 amide bonds. The summed E-state index contributed by atoms with van der Waals surface area (Å²) < 4.78 is 46.6. The van der Waals surface area contributed by atoms with Crippen LogP contribution in [-0.2, 0) is 16.6 Å². The van der Waals surface area contributed by atoms with E-state index in [1.54, 1.807) is 25.1 Å². The van der Waals surface area contributed by atoms with E-state index in [4.69, 9.17) is 4.52 Å². The van der Waals surface area contributed by atoms with Crippen LogP contribution in [-0.4, -0.2) is 23.4 Å². The highest BCUT2D eigenvalue weighted by Crippen LogP contribution is 2.15. The predicted octanol–water partition coefficient (Wildman–Crippen LogP) is 1.79. The van der Waals surface area contributed by atoms with Crippen molar-refractivity contribution in [2.45, 2.75) is 18.4 Å². The standard InChI is InChI=1S/C14H13FN4O3S/c1-10-6-11(18-22-10)7-17-23(20,21)12-8-16-19(9-12)14-5-3-2-4-13(14)15/h2-6,8-9,17H,7H2,1H3. The maximum Gasteiger partial charge on any atom is 0.244 e. The molecule has 3 aromatic rings. The maximum absolute atomic E-state index is 13.7. The first-order valence-corrected chi connectivity index (χ1v) is 8.15. The van der Waals surface area contributed by atoms with Crippen LogP contribution < -0.4 is 4.72 Å². The molecule has 0 saturated heterocycles. The molecule has 0 aliphatic heterocycles. The molecule has 0 fully saturated rings. The van der Waals surface area contributed by atoms with Crippen LogP contribution in [0.5, 0.6) is 0 Å². The summed E-state index contributed by atoms with van der Waals surface area (Å²) in [6.45, 7) is 1.70. The molecule has 2 heterocycles. The normalized spacial score (nSPS) is 11.7. The highest BCUT2D eigenvalue weighted by atomic mass is 32.2. The third-order valence-corrected chi connectivity index (χ3v) is 4.44. The fraction of sp³-hybridized carbons (Fsp3) is 0.143. The van der Waals surface area contributed by atoms with Gasteiger partial charge in [0.25, 0.3) is 0 Å². The summed E-state index contributed by atoms with van der Waals surface area (Å²) in [6, 6.07) is 7.59. The zero-order valence-corrected chi connectivity index (χ0v) is 12.9. The second-order valence-electron chi connectivity index (χ2n) is 4.83. The molecule has 0 atom stereocenters. The van der Waals surface area contributed by atoms with Gasteiger partial charge in [0.2, 0.25) is 10.0 Å². The Bertz CT molecular complexity index is 933. The third-order valence-electron chi connectivity index (χ3n) is 3.09. The van der Waals surface area contributed by atoms with Crippen LogP contribution in [0.3, 0.4) is 0 Å². The van der Waals surface area contributed by atoms with Gasteiger partial charge in [0, 0.05) is 6.07 Å². The smallest absolute Gasteiger partial charge is 0.244 e. The highest BCUT2D eigenvalue weighted by molar-refractivity contribution is 7.89. The molecule has 1 aromatic carbocycles. The summed E-state index contributed by atoms with van der Waals surface area (Å²) in [4.78, 5) is -0.0685. The van der Waals surface area contributed by atoms with E-state index in [-0.39, 0.29) is 17.1 Å². The van der Waals surface area contributed by atoms with Gasteiger partial charge in [-0.3, -0.25) is 0 Å². The van der Waals surface area contributed by atoms with Gasteiger partial charge in [-0.1, -0.05) is 17.3 Å². The largest absolute Gasteiger partial charge is 0.361 e. The number of nitrogens with zero attached hydrogens (tertiary/aromatic N) is 3. The number of aryl methyl sites for hydroxylation is 1. The van der Waals surface area contributed by atoms with Crippen molar-refractivity contribution in [3.8, 4) is 5.69 Å². The van der Waals surface area contributed by atoms with E-state index in [9.17, 15) is 12.8 Å². The molecule has 23 heavy (non-hydrogen) atoms. The van der Waals surface area contributed by atoms with Gasteiger partial charge < -0.3 is 4.52 Å². The Labute approximate surface area is 131 Å². The lowest BCUT2D eigenvalue weighted by molar-refractivity contribution is 0.390. The van der Waals surface area contributed by atoms with Crippen molar-refractivity contribution in [3.05, 3.63) is 60.0 Å². The highest BCUT2D eigenvalue weighted by Gasteiger charge is 2.18. The molecule has 0 aliphatic carbocycles. The van der Waals surface area contributed by atoms with Crippen LogP contribution >= 0.6 is 0 Å². The molecule has 2 aromatic heterocycles. The molecular formula is C14H13FN4O3S. The van der Waals surface area contributed by atoms with Crippen LogP contribution in [0.15, 0.2) is 52.1 Å². The Kier molecular flexibility index (Phi) is 3.97. The van der Waals surface area contributed by atoms with Crippen LogP contribution in [0.1, 0.15) is 11.5 Å². The Morgan fingerprint density at radius 3 is 2.83 bits per heavy atom. The summed E-state index contributed by atoms with van der Waals surface area (Å²) in [5, 5.41) is 7.60. The summed E-state index contributed by atoms with van der Waals surface area (Å²) in [7, 11) is -3.79. The van der Waals surface area contributed by atoms with Gasteiger partial charge in [-0.05, 0) is 19.1 Å². The second kappa shape index (κ2) is 5.94. The monoisotopic (exact) mass is 336 g/mol. The molecule has 0 spiro atoms. The predicted molar refractivity (Wildman–Crippen MR) is 78.8 cm³/mol. The van der Waals surface area contributed by atoms with E-state index in [1.807, 2.05) is 0 Å². The van der Waals surface area contributed by atoms with Crippen LogP contribution in [0.25, 0.3) is 5.69 Å². The minimum atomic E-state index is -3.79. The Morgan fingerprint density at radius 2 is 2.13 bits per heavy atom. The van der Waals surface area contributed by atoms with E-state index >= 15 is 0 Å². The van der Waals surface area contributed by atoms with Gasteiger partial charge in [0.05, 0.1) is 24.6 Å². The number of hydrogen-bond donors (Lipinski definition) is 1. The number of benzene rings is 1.